The summed E-state index contributed by atoms with van der Waals surface area (Å²) in [5.41, 5.74) is -0.733. The number of amides is 1. The van der Waals surface area contributed by atoms with E-state index >= 15 is 0 Å². The summed E-state index contributed by atoms with van der Waals surface area (Å²) in [5.74, 6) is 2.61. The van der Waals surface area contributed by atoms with Gasteiger partial charge in [0, 0.05) is 25.0 Å². The largest absolute Gasteiger partial charge is 0.444 e. The van der Waals surface area contributed by atoms with Gasteiger partial charge in [-0.05, 0) is 54.5 Å². The number of carbonyl (C=O) groups is 1. The van der Waals surface area contributed by atoms with Crippen LogP contribution in [-0.4, -0.2) is 41.8 Å². The second-order valence-corrected chi connectivity index (χ2v) is 6.86. The number of nitrogens with zero attached hydrogens (tertiary/aromatic N) is 1. The molecule has 0 aliphatic rings. The van der Waals surface area contributed by atoms with Gasteiger partial charge in [-0.1, -0.05) is 0 Å². The van der Waals surface area contributed by atoms with Crippen LogP contribution in [-0.2, 0) is 4.74 Å². The van der Waals surface area contributed by atoms with E-state index in [9.17, 15) is 4.79 Å². The Kier molecular flexibility index (Phi) is 7.67. The highest BCUT2D eigenvalue weighted by Gasteiger charge is 2.30. The normalized spacial score (nSPS) is 11.8. The molecule has 1 N–H and O–H groups in total. The van der Waals surface area contributed by atoms with Gasteiger partial charge in [-0.3, -0.25) is 0 Å². The standard InChI is InChI=1S/C16H30N2O2/c1-8-9-10-11-17-12-13-18(15(2,3)4)14(19)20-16(5,6)7/h1,17H,9-13H2,2-7H3. The minimum absolute atomic E-state index is 0.261. The van der Waals surface area contributed by atoms with Crippen LogP contribution in [0.5, 0.6) is 0 Å². The third-order valence-corrected chi connectivity index (χ3v) is 2.61. The van der Waals surface area contributed by atoms with Crippen molar-refractivity contribution in [2.24, 2.45) is 0 Å². The predicted molar refractivity (Wildman–Crippen MR) is 83.6 cm³/mol. The highest BCUT2D eigenvalue weighted by atomic mass is 16.6. The maximum atomic E-state index is 12.2. The van der Waals surface area contributed by atoms with Crippen molar-refractivity contribution in [1.82, 2.24) is 10.2 Å². The van der Waals surface area contributed by atoms with Gasteiger partial charge in [0.05, 0.1) is 0 Å². The lowest BCUT2D eigenvalue weighted by Gasteiger charge is -2.36. The first-order chi connectivity index (χ1) is 9.08. The number of ether oxygens (including phenoxy) is 1. The summed E-state index contributed by atoms with van der Waals surface area (Å²) < 4.78 is 5.45. The second kappa shape index (κ2) is 8.16. The van der Waals surface area contributed by atoms with Crippen LogP contribution in [0.2, 0.25) is 0 Å². The molecule has 0 rings (SSSR count). The zero-order valence-corrected chi connectivity index (χ0v) is 13.9. The van der Waals surface area contributed by atoms with Crippen LogP contribution in [0.1, 0.15) is 54.4 Å². The summed E-state index contributed by atoms with van der Waals surface area (Å²) in [4.78, 5) is 14.0. The van der Waals surface area contributed by atoms with Crippen molar-refractivity contribution in [3.8, 4) is 12.3 Å². The molecule has 0 unspecified atom stereocenters. The molecule has 20 heavy (non-hydrogen) atoms. The Bertz CT molecular complexity index is 332. The van der Waals surface area contributed by atoms with Gasteiger partial charge in [-0.25, -0.2) is 4.79 Å². The molecule has 0 aromatic heterocycles. The van der Waals surface area contributed by atoms with Gasteiger partial charge >= 0.3 is 6.09 Å². The average molecular weight is 282 g/mol. The molecule has 0 atom stereocenters. The third kappa shape index (κ3) is 8.82. The van der Waals surface area contributed by atoms with Crippen LogP contribution in [0.25, 0.3) is 0 Å². The zero-order valence-electron chi connectivity index (χ0n) is 13.9. The number of nitrogens with one attached hydrogen (secondary N) is 1. The fourth-order valence-corrected chi connectivity index (χ4v) is 1.65. The van der Waals surface area contributed by atoms with E-state index in [0.29, 0.717) is 6.54 Å². The number of terminal acetylenes is 1. The molecule has 0 saturated heterocycles. The van der Waals surface area contributed by atoms with Crippen LogP contribution >= 0.6 is 0 Å². The first-order valence-corrected chi connectivity index (χ1v) is 7.23. The zero-order chi connectivity index (χ0) is 15.8. The van der Waals surface area contributed by atoms with Crippen LogP contribution in [0, 0.1) is 12.3 Å². The highest BCUT2D eigenvalue weighted by molar-refractivity contribution is 5.69. The molecule has 0 aliphatic carbocycles. The summed E-state index contributed by atoms with van der Waals surface area (Å²) in [7, 11) is 0. The molecule has 0 aromatic rings. The maximum absolute atomic E-state index is 12.2. The van der Waals surface area contributed by atoms with Crippen molar-refractivity contribution in [2.75, 3.05) is 19.6 Å². The Morgan fingerprint density at radius 3 is 2.25 bits per heavy atom. The Balaban J connectivity index is 4.32. The fourth-order valence-electron chi connectivity index (χ4n) is 1.65. The topological polar surface area (TPSA) is 41.6 Å². The predicted octanol–water partition coefficient (Wildman–Crippen LogP) is 3.03. The molecule has 0 aromatic carbocycles. The van der Waals surface area contributed by atoms with E-state index in [-0.39, 0.29) is 11.6 Å². The SMILES string of the molecule is C#CCCCNCCN(C(=O)OC(C)(C)C)C(C)(C)C. The van der Waals surface area contributed by atoms with Crippen molar-refractivity contribution in [2.45, 2.75) is 65.5 Å². The lowest BCUT2D eigenvalue weighted by molar-refractivity contribution is 0.00666. The van der Waals surface area contributed by atoms with E-state index in [2.05, 4.69) is 11.2 Å². The molecule has 0 radical (unpaired) electrons. The summed E-state index contributed by atoms with van der Waals surface area (Å²) in [5, 5.41) is 3.30. The fraction of sp³-hybridized carbons (Fsp3) is 0.812. The van der Waals surface area contributed by atoms with E-state index in [1.807, 2.05) is 41.5 Å². The molecule has 0 spiro atoms. The van der Waals surface area contributed by atoms with Gasteiger partial charge < -0.3 is 15.0 Å². The Labute approximate surface area is 124 Å². The smallest absolute Gasteiger partial charge is 0.410 e. The molecule has 116 valence electrons. The van der Waals surface area contributed by atoms with Gasteiger partial charge in [-0.15, -0.1) is 12.3 Å². The molecule has 4 nitrogen and oxygen atoms in total. The van der Waals surface area contributed by atoms with E-state index < -0.39 is 5.60 Å². The minimum Gasteiger partial charge on any atom is -0.444 e. The third-order valence-electron chi connectivity index (χ3n) is 2.61. The number of rotatable bonds is 6. The average Bonchev–Trinajstić information content (AvgIpc) is 2.23. The van der Waals surface area contributed by atoms with Gasteiger partial charge in [0.15, 0.2) is 0 Å². The van der Waals surface area contributed by atoms with Crippen LogP contribution in [0.15, 0.2) is 0 Å². The summed E-state index contributed by atoms with van der Waals surface area (Å²) >= 11 is 0. The minimum atomic E-state index is -0.471. The quantitative estimate of drug-likeness (QED) is 0.601. The molecule has 0 bridgehead atoms. The molecular weight excluding hydrogens is 252 g/mol. The lowest BCUT2D eigenvalue weighted by Crippen LogP contribution is -2.50. The molecule has 0 saturated carbocycles. The summed E-state index contributed by atoms with van der Waals surface area (Å²) in [6.45, 7) is 13.9. The molecular formula is C16H30N2O2. The van der Waals surface area contributed by atoms with E-state index in [1.54, 1.807) is 4.90 Å². The van der Waals surface area contributed by atoms with Crippen molar-refractivity contribution in [1.29, 1.82) is 0 Å². The van der Waals surface area contributed by atoms with Crippen molar-refractivity contribution < 1.29 is 9.53 Å². The molecule has 0 fully saturated rings. The van der Waals surface area contributed by atoms with Crippen LogP contribution in [0.4, 0.5) is 4.79 Å². The van der Waals surface area contributed by atoms with Crippen molar-refractivity contribution in [3.05, 3.63) is 0 Å². The number of unbranched alkanes of at least 4 members (excludes halogenated alkanes) is 1. The Morgan fingerprint density at radius 1 is 1.20 bits per heavy atom. The number of hydrogen-bond donors (Lipinski definition) is 1. The number of carbonyl (C=O) groups excluding carboxylic acids is 1. The van der Waals surface area contributed by atoms with Gasteiger partial charge in [0.1, 0.15) is 5.60 Å². The van der Waals surface area contributed by atoms with E-state index in [1.165, 1.54) is 0 Å². The van der Waals surface area contributed by atoms with Gasteiger partial charge in [0.25, 0.3) is 0 Å². The Hall–Kier alpha value is -1.21. The Morgan fingerprint density at radius 2 is 1.80 bits per heavy atom. The highest BCUT2D eigenvalue weighted by Crippen LogP contribution is 2.17. The van der Waals surface area contributed by atoms with Gasteiger partial charge in [0.2, 0.25) is 0 Å². The lowest BCUT2D eigenvalue weighted by atomic mass is 10.1. The van der Waals surface area contributed by atoms with Crippen molar-refractivity contribution in [3.63, 3.8) is 0 Å². The van der Waals surface area contributed by atoms with E-state index in [0.717, 1.165) is 25.9 Å². The van der Waals surface area contributed by atoms with Crippen molar-refractivity contribution >= 4 is 6.09 Å². The number of hydrogen-bond acceptors (Lipinski definition) is 3. The van der Waals surface area contributed by atoms with Gasteiger partial charge in [-0.2, -0.15) is 0 Å². The maximum Gasteiger partial charge on any atom is 0.410 e. The molecule has 0 heterocycles. The molecule has 0 aliphatic heterocycles. The van der Waals surface area contributed by atoms with Crippen LogP contribution < -0.4 is 5.32 Å². The first-order valence-electron chi connectivity index (χ1n) is 7.23. The summed E-state index contributed by atoms with van der Waals surface area (Å²) in [6, 6.07) is 0. The monoisotopic (exact) mass is 282 g/mol. The molecule has 4 heteroatoms. The summed E-state index contributed by atoms with van der Waals surface area (Å²) in [6.07, 6.45) is 6.67. The van der Waals surface area contributed by atoms with Crippen LogP contribution in [0.3, 0.4) is 0 Å². The first kappa shape index (κ1) is 18.8. The van der Waals surface area contributed by atoms with E-state index in [4.69, 9.17) is 11.2 Å². The second-order valence-electron chi connectivity index (χ2n) is 6.86. The molecule has 1 amide bonds.